The van der Waals surface area contributed by atoms with Crippen molar-refractivity contribution >= 4 is 21.9 Å². The largest absolute Gasteiger partial charge is 0.452 e. The molecule has 7 nitrogen and oxygen atoms in total. The number of hydrogen-bond acceptors (Lipinski definition) is 5. The summed E-state index contributed by atoms with van der Waals surface area (Å²) in [5.41, 5.74) is 0.208. The normalized spacial score (nSPS) is 20.4. The molecule has 29 heavy (non-hydrogen) atoms. The molecule has 1 fully saturated rings. The number of piperidine rings is 1. The summed E-state index contributed by atoms with van der Waals surface area (Å²) in [5.74, 6) is -0.378. The first kappa shape index (κ1) is 23.3. The number of hydrogen-bond donors (Lipinski definition) is 1. The molecule has 1 aromatic rings. The summed E-state index contributed by atoms with van der Waals surface area (Å²) in [6.45, 7) is 8.69. The first-order valence-electron chi connectivity index (χ1n) is 10.2. The minimum Gasteiger partial charge on any atom is -0.452 e. The minimum atomic E-state index is -3.60. The second-order valence-corrected chi connectivity index (χ2v) is 9.89. The van der Waals surface area contributed by atoms with Gasteiger partial charge in [-0.1, -0.05) is 27.7 Å². The molecule has 1 N–H and O–H groups in total. The maximum atomic E-state index is 12.9. The van der Waals surface area contributed by atoms with Gasteiger partial charge in [-0.2, -0.15) is 4.31 Å². The van der Waals surface area contributed by atoms with E-state index in [0.717, 1.165) is 19.3 Å². The molecule has 1 aliphatic rings. The number of sulfonamides is 1. The van der Waals surface area contributed by atoms with Crippen LogP contribution in [0.5, 0.6) is 0 Å². The number of rotatable bonds is 8. The lowest BCUT2D eigenvalue weighted by Crippen LogP contribution is -2.42. The average Bonchev–Trinajstić information content (AvgIpc) is 2.69. The van der Waals surface area contributed by atoms with Crippen molar-refractivity contribution in [3.05, 3.63) is 29.8 Å². The van der Waals surface area contributed by atoms with Gasteiger partial charge in [0.25, 0.3) is 5.91 Å². The van der Waals surface area contributed by atoms with E-state index in [0.29, 0.717) is 24.9 Å². The summed E-state index contributed by atoms with van der Waals surface area (Å²) in [7, 11) is -3.60. The zero-order chi connectivity index (χ0) is 21.6. The molecule has 0 unspecified atom stereocenters. The molecule has 2 atom stereocenters. The van der Waals surface area contributed by atoms with Crippen LogP contribution in [-0.4, -0.2) is 50.3 Å². The Balaban J connectivity index is 1.98. The number of benzene rings is 1. The van der Waals surface area contributed by atoms with Crippen LogP contribution in [0.15, 0.2) is 29.2 Å². The Labute approximate surface area is 173 Å². The number of amides is 1. The van der Waals surface area contributed by atoms with Crippen LogP contribution in [0.25, 0.3) is 0 Å². The number of nitrogens with zero attached hydrogens (tertiary/aromatic N) is 1. The lowest BCUT2D eigenvalue weighted by molar-refractivity contribution is -0.125. The van der Waals surface area contributed by atoms with Crippen LogP contribution >= 0.6 is 0 Å². The number of ether oxygens (including phenoxy) is 1. The number of esters is 1. The smallest absolute Gasteiger partial charge is 0.338 e. The predicted molar refractivity (Wildman–Crippen MR) is 111 cm³/mol. The summed E-state index contributed by atoms with van der Waals surface area (Å²) in [5, 5.41) is 2.79. The summed E-state index contributed by atoms with van der Waals surface area (Å²) in [4.78, 5) is 24.2. The van der Waals surface area contributed by atoms with Crippen molar-refractivity contribution in [1.82, 2.24) is 9.62 Å². The minimum absolute atomic E-state index is 0.0610. The third-order valence-corrected chi connectivity index (χ3v) is 7.09. The topological polar surface area (TPSA) is 92.8 Å². The van der Waals surface area contributed by atoms with Gasteiger partial charge in [0.15, 0.2) is 6.61 Å². The Kier molecular flexibility index (Phi) is 8.22. The SMILES string of the molecule is CCC(CC)NC(=O)COC(=O)c1ccc(S(=O)(=O)N2C[C@@H](C)C[C@H](C)C2)cc1. The number of carbonyl (C=O) groups is 2. The van der Waals surface area contributed by atoms with E-state index in [2.05, 4.69) is 19.2 Å². The van der Waals surface area contributed by atoms with E-state index >= 15 is 0 Å². The van der Waals surface area contributed by atoms with Crippen LogP contribution in [0.1, 0.15) is 57.3 Å². The van der Waals surface area contributed by atoms with E-state index in [-0.39, 0.29) is 29.0 Å². The molecule has 1 heterocycles. The van der Waals surface area contributed by atoms with Gasteiger partial charge < -0.3 is 10.1 Å². The Morgan fingerprint density at radius 1 is 1.10 bits per heavy atom. The first-order chi connectivity index (χ1) is 13.7. The molecular formula is C21H32N2O5S. The molecular weight excluding hydrogens is 392 g/mol. The molecule has 0 saturated carbocycles. The Bertz CT molecular complexity index is 793. The van der Waals surface area contributed by atoms with Gasteiger partial charge in [0.2, 0.25) is 10.0 Å². The van der Waals surface area contributed by atoms with Crippen molar-refractivity contribution < 1.29 is 22.7 Å². The van der Waals surface area contributed by atoms with E-state index in [1.54, 1.807) is 0 Å². The molecule has 2 rings (SSSR count). The maximum absolute atomic E-state index is 12.9. The molecule has 1 aromatic carbocycles. The number of carbonyl (C=O) groups excluding carboxylic acids is 2. The van der Waals surface area contributed by atoms with Gasteiger partial charge in [-0.3, -0.25) is 4.79 Å². The highest BCUT2D eigenvalue weighted by molar-refractivity contribution is 7.89. The van der Waals surface area contributed by atoms with Gasteiger partial charge in [-0.05, 0) is 55.4 Å². The predicted octanol–water partition coefficient (Wildman–Crippen LogP) is 2.81. The molecule has 0 spiro atoms. The van der Waals surface area contributed by atoms with Crippen LogP contribution in [-0.2, 0) is 19.6 Å². The molecule has 1 saturated heterocycles. The number of nitrogens with one attached hydrogen (secondary N) is 1. The highest BCUT2D eigenvalue weighted by atomic mass is 32.2. The van der Waals surface area contributed by atoms with E-state index < -0.39 is 16.0 Å². The van der Waals surface area contributed by atoms with Crippen molar-refractivity contribution in [3.8, 4) is 0 Å². The van der Waals surface area contributed by atoms with Crippen LogP contribution in [0, 0.1) is 11.8 Å². The van der Waals surface area contributed by atoms with E-state index in [1.807, 2.05) is 13.8 Å². The van der Waals surface area contributed by atoms with Crippen LogP contribution < -0.4 is 5.32 Å². The highest BCUT2D eigenvalue weighted by Gasteiger charge is 2.31. The Morgan fingerprint density at radius 2 is 1.66 bits per heavy atom. The van der Waals surface area contributed by atoms with Crippen molar-refractivity contribution in [2.45, 2.75) is 57.9 Å². The van der Waals surface area contributed by atoms with Crippen LogP contribution in [0.3, 0.4) is 0 Å². The third kappa shape index (κ3) is 6.27. The van der Waals surface area contributed by atoms with Crippen molar-refractivity contribution in [3.63, 3.8) is 0 Å². The monoisotopic (exact) mass is 424 g/mol. The van der Waals surface area contributed by atoms with E-state index in [1.165, 1.54) is 28.6 Å². The zero-order valence-corrected chi connectivity index (χ0v) is 18.5. The summed E-state index contributed by atoms with van der Waals surface area (Å²) in [6, 6.07) is 5.74. The Morgan fingerprint density at radius 3 is 2.17 bits per heavy atom. The fraction of sp³-hybridized carbons (Fsp3) is 0.619. The maximum Gasteiger partial charge on any atom is 0.338 e. The molecule has 0 bridgehead atoms. The lowest BCUT2D eigenvalue weighted by atomic mass is 9.94. The summed E-state index contributed by atoms with van der Waals surface area (Å²) < 4.78 is 32.3. The molecule has 8 heteroatoms. The van der Waals surface area contributed by atoms with Crippen molar-refractivity contribution in [2.24, 2.45) is 11.8 Å². The fourth-order valence-electron chi connectivity index (χ4n) is 3.69. The molecule has 0 aromatic heterocycles. The van der Waals surface area contributed by atoms with Crippen molar-refractivity contribution in [2.75, 3.05) is 19.7 Å². The molecule has 1 amide bonds. The molecule has 1 aliphatic heterocycles. The fourth-order valence-corrected chi connectivity index (χ4v) is 5.37. The van der Waals surface area contributed by atoms with Crippen LogP contribution in [0.4, 0.5) is 0 Å². The summed E-state index contributed by atoms with van der Waals surface area (Å²) in [6.07, 6.45) is 2.63. The quantitative estimate of drug-likeness (QED) is 0.648. The second kappa shape index (κ2) is 10.2. The zero-order valence-electron chi connectivity index (χ0n) is 17.7. The van der Waals surface area contributed by atoms with Gasteiger partial charge >= 0.3 is 5.97 Å². The molecule has 162 valence electrons. The molecule has 0 radical (unpaired) electrons. The molecule has 0 aliphatic carbocycles. The lowest BCUT2D eigenvalue weighted by Gasteiger charge is -2.34. The van der Waals surface area contributed by atoms with Crippen molar-refractivity contribution in [1.29, 1.82) is 0 Å². The van der Waals surface area contributed by atoms with Gasteiger partial charge in [0.05, 0.1) is 10.5 Å². The summed E-state index contributed by atoms with van der Waals surface area (Å²) >= 11 is 0. The standard InChI is InChI=1S/C21H32N2O5S/c1-5-18(6-2)22-20(24)14-28-21(25)17-7-9-19(10-8-17)29(26,27)23-12-15(3)11-16(4)13-23/h7-10,15-16,18H,5-6,11-14H2,1-4H3,(H,22,24)/t15-,16-/m0/s1. The second-order valence-electron chi connectivity index (χ2n) is 7.95. The van der Waals surface area contributed by atoms with Gasteiger partial charge in [0, 0.05) is 19.1 Å². The van der Waals surface area contributed by atoms with Crippen LogP contribution in [0.2, 0.25) is 0 Å². The Hall–Kier alpha value is -1.93. The van der Waals surface area contributed by atoms with E-state index in [9.17, 15) is 18.0 Å². The van der Waals surface area contributed by atoms with Gasteiger partial charge in [-0.25, -0.2) is 13.2 Å². The van der Waals surface area contributed by atoms with Gasteiger partial charge in [-0.15, -0.1) is 0 Å². The first-order valence-corrected chi connectivity index (χ1v) is 11.7. The van der Waals surface area contributed by atoms with E-state index in [4.69, 9.17) is 4.74 Å². The highest BCUT2D eigenvalue weighted by Crippen LogP contribution is 2.26. The average molecular weight is 425 g/mol. The van der Waals surface area contributed by atoms with Gasteiger partial charge in [0.1, 0.15) is 0 Å². The third-order valence-electron chi connectivity index (χ3n) is 5.25.